The van der Waals surface area contributed by atoms with E-state index >= 15 is 0 Å². The van der Waals surface area contributed by atoms with Crippen molar-refractivity contribution in [1.82, 2.24) is 30.1 Å². The lowest BCUT2D eigenvalue weighted by Gasteiger charge is -1.94. The normalized spacial score (nSPS) is 11.1. The summed E-state index contributed by atoms with van der Waals surface area (Å²) in [5.41, 5.74) is 7.65. The fourth-order valence-electron chi connectivity index (χ4n) is 1.47. The summed E-state index contributed by atoms with van der Waals surface area (Å²) >= 11 is 3.19. The van der Waals surface area contributed by atoms with Crippen LogP contribution in [0.4, 0.5) is 5.95 Å². The maximum absolute atomic E-state index is 5.59. The Morgan fingerprint density at radius 1 is 1.31 bits per heavy atom. The van der Waals surface area contributed by atoms with Crippen LogP contribution >= 0.6 is 15.9 Å². The Kier molecular flexibility index (Phi) is 1.90. The molecule has 0 fully saturated rings. The molecule has 0 radical (unpaired) electrons. The predicted molar refractivity (Wildman–Crippen MR) is 61.4 cm³/mol. The van der Waals surface area contributed by atoms with Crippen LogP contribution in [0.2, 0.25) is 0 Å². The van der Waals surface area contributed by atoms with Crippen molar-refractivity contribution in [3.05, 3.63) is 17.0 Å². The molecule has 7 nitrogen and oxygen atoms in total. The lowest BCUT2D eigenvalue weighted by atomic mass is 10.3. The molecule has 0 aliphatic rings. The lowest BCUT2D eigenvalue weighted by Crippen LogP contribution is -1.88. The van der Waals surface area contributed by atoms with Crippen LogP contribution in [0, 0.1) is 0 Å². The Bertz CT molecular complexity index is 655. The summed E-state index contributed by atoms with van der Waals surface area (Å²) < 4.78 is 0.546. The van der Waals surface area contributed by atoms with Crippen molar-refractivity contribution in [3.8, 4) is 11.5 Å². The minimum absolute atomic E-state index is 0.346. The van der Waals surface area contributed by atoms with Crippen LogP contribution in [0.3, 0.4) is 0 Å². The van der Waals surface area contributed by atoms with E-state index in [1.54, 1.807) is 12.3 Å². The summed E-state index contributed by atoms with van der Waals surface area (Å²) in [5, 5.41) is 6.69. The van der Waals surface area contributed by atoms with Crippen LogP contribution in [0.1, 0.15) is 0 Å². The number of nitrogens with one attached hydrogen (secondary N) is 2. The van der Waals surface area contributed by atoms with Gasteiger partial charge in [0.1, 0.15) is 11.2 Å². The molecular weight excluding hydrogens is 274 g/mol. The van der Waals surface area contributed by atoms with E-state index in [0.717, 1.165) is 5.52 Å². The molecular formula is C8H6BrN7. The molecule has 16 heavy (non-hydrogen) atoms. The Morgan fingerprint density at radius 2 is 2.19 bits per heavy atom. The van der Waals surface area contributed by atoms with Crippen molar-refractivity contribution >= 4 is 32.9 Å². The first-order valence-corrected chi connectivity index (χ1v) is 5.22. The number of hydrogen-bond donors (Lipinski definition) is 3. The molecule has 8 heteroatoms. The quantitative estimate of drug-likeness (QED) is 0.618. The van der Waals surface area contributed by atoms with Crippen LogP contribution in [0.5, 0.6) is 0 Å². The van der Waals surface area contributed by atoms with Crippen molar-refractivity contribution in [2.45, 2.75) is 0 Å². The minimum Gasteiger partial charge on any atom is -0.369 e. The number of aromatic nitrogens is 6. The van der Waals surface area contributed by atoms with Gasteiger partial charge in [0.05, 0.1) is 5.52 Å². The zero-order valence-corrected chi connectivity index (χ0v) is 9.48. The summed E-state index contributed by atoms with van der Waals surface area (Å²) in [4.78, 5) is 15.4. The Balaban J connectivity index is 2.30. The summed E-state index contributed by atoms with van der Waals surface area (Å²) in [6, 6.07) is 1.80. The monoisotopic (exact) mass is 279 g/mol. The van der Waals surface area contributed by atoms with E-state index in [9.17, 15) is 0 Å². The van der Waals surface area contributed by atoms with Gasteiger partial charge in [-0.3, -0.25) is 10.1 Å². The topological polar surface area (TPSA) is 109 Å². The van der Waals surface area contributed by atoms with E-state index in [1.807, 2.05) is 0 Å². The third kappa shape index (κ3) is 1.34. The number of hydrogen-bond acceptors (Lipinski definition) is 5. The third-order valence-corrected chi connectivity index (χ3v) is 2.44. The first-order valence-electron chi connectivity index (χ1n) is 4.42. The van der Waals surface area contributed by atoms with Gasteiger partial charge >= 0.3 is 0 Å². The molecule has 3 aromatic heterocycles. The van der Waals surface area contributed by atoms with Crippen LogP contribution < -0.4 is 5.73 Å². The molecule has 0 saturated heterocycles. The molecule has 4 N–H and O–H groups in total. The number of rotatable bonds is 1. The number of anilines is 1. The van der Waals surface area contributed by atoms with Crippen molar-refractivity contribution < 1.29 is 0 Å². The number of H-pyrrole nitrogens is 2. The van der Waals surface area contributed by atoms with Gasteiger partial charge in [-0.1, -0.05) is 0 Å². The highest BCUT2D eigenvalue weighted by atomic mass is 79.9. The van der Waals surface area contributed by atoms with Crippen molar-refractivity contribution in [3.63, 3.8) is 0 Å². The SMILES string of the molecule is Nc1nc2c(-c3n[nH]c(Br)n3)nccc2[nH]1. The van der Waals surface area contributed by atoms with Gasteiger partial charge in [-0.05, 0) is 22.0 Å². The van der Waals surface area contributed by atoms with E-state index in [-0.39, 0.29) is 0 Å². The molecule has 3 heterocycles. The molecule has 0 atom stereocenters. The molecule has 0 unspecified atom stereocenters. The van der Waals surface area contributed by atoms with E-state index in [4.69, 9.17) is 5.73 Å². The number of halogens is 1. The highest BCUT2D eigenvalue weighted by Gasteiger charge is 2.13. The maximum Gasteiger partial charge on any atom is 0.202 e. The zero-order valence-electron chi connectivity index (χ0n) is 7.90. The second kappa shape index (κ2) is 3.27. The Hall–Kier alpha value is -1.96. The first kappa shape index (κ1) is 9.28. The van der Waals surface area contributed by atoms with Crippen LogP contribution in [0.15, 0.2) is 17.0 Å². The largest absolute Gasteiger partial charge is 0.369 e. The number of nitrogens with two attached hydrogens (primary N) is 1. The number of nitrogen functional groups attached to an aromatic ring is 1. The highest BCUT2D eigenvalue weighted by Crippen LogP contribution is 2.23. The molecule has 0 spiro atoms. The van der Waals surface area contributed by atoms with Crippen molar-refractivity contribution in [2.24, 2.45) is 0 Å². The fraction of sp³-hybridized carbons (Fsp3) is 0. The van der Waals surface area contributed by atoms with E-state index in [0.29, 0.717) is 27.7 Å². The minimum atomic E-state index is 0.346. The molecule has 3 aromatic rings. The fourth-order valence-corrected chi connectivity index (χ4v) is 1.72. The van der Waals surface area contributed by atoms with Crippen molar-refractivity contribution in [2.75, 3.05) is 5.73 Å². The van der Waals surface area contributed by atoms with Gasteiger partial charge in [0.2, 0.25) is 5.82 Å². The summed E-state index contributed by atoms with van der Waals surface area (Å²) in [7, 11) is 0. The van der Waals surface area contributed by atoms with E-state index < -0.39 is 0 Å². The molecule has 3 rings (SSSR count). The number of fused-ring (bicyclic) bond motifs is 1. The van der Waals surface area contributed by atoms with Gasteiger partial charge in [-0.25, -0.2) is 4.98 Å². The number of pyridine rings is 1. The summed E-state index contributed by atoms with van der Waals surface area (Å²) in [6.45, 7) is 0. The molecule has 0 aromatic carbocycles. The van der Waals surface area contributed by atoms with Crippen molar-refractivity contribution in [1.29, 1.82) is 0 Å². The second-order valence-corrected chi connectivity index (χ2v) is 3.88. The Labute approximate surface area is 97.6 Å². The van der Waals surface area contributed by atoms with Crippen LogP contribution in [0.25, 0.3) is 22.6 Å². The van der Waals surface area contributed by atoms with E-state index in [1.165, 1.54) is 0 Å². The van der Waals surface area contributed by atoms with E-state index in [2.05, 4.69) is 46.1 Å². The lowest BCUT2D eigenvalue weighted by molar-refractivity contribution is 1.07. The molecule has 0 aliphatic carbocycles. The summed E-state index contributed by atoms with van der Waals surface area (Å²) in [5.74, 6) is 0.822. The Morgan fingerprint density at radius 3 is 2.94 bits per heavy atom. The third-order valence-electron chi connectivity index (χ3n) is 2.09. The smallest absolute Gasteiger partial charge is 0.202 e. The predicted octanol–water partition coefficient (Wildman–Crippen LogP) is 1.09. The van der Waals surface area contributed by atoms with Gasteiger partial charge in [-0.2, -0.15) is 10.1 Å². The van der Waals surface area contributed by atoms with Gasteiger partial charge in [0.15, 0.2) is 10.7 Å². The number of nitrogens with zero attached hydrogens (tertiary/aromatic N) is 4. The van der Waals surface area contributed by atoms with Gasteiger partial charge in [0, 0.05) is 6.20 Å². The molecule has 0 aliphatic heterocycles. The highest BCUT2D eigenvalue weighted by molar-refractivity contribution is 9.10. The molecule has 0 saturated carbocycles. The molecule has 0 amide bonds. The zero-order chi connectivity index (χ0) is 11.1. The van der Waals surface area contributed by atoms with Gasteiger partial charge in [-0.15, -0.1) is 0 Å². The number of aromatic amines is 2. The average molecular weight is 280 g/mol. The maximum atomic E-state index is 5.59. The molecule has 80 valence electrons. The average Bonchev–Trinajstić information content (AvgIpc) is 2.82. The van der Waals surface area contributed by atoms with Gasteiger partial charge in [0.25, 0.3) is 0 Å². The number of imidazole rings is 1. The van der Waals surface area contributed by atoms with Crippen LogP contribution in [-0.2, 0) is 0 Å². The van der Waals surface area contributed by atoms with Crippen LogP contribution in [-0.4, -0.2) is 30.1 Å². The standard InChI is InChI=1S/C8H6BrN7/c9-7-14-6(15-16-7)5-4-3(1-2-11-5)12-8(10)13-4/h1-2H,(H3,10,12,13)(H,14,15,16). The first-order chi connectivity index (χ1) is 7.74. The van der Waals surface area contributed by atoms with Gasteiger partial charge < -0.3 is 10.7 Å². The second-order valence-electron chi connectivity index (χ2n) is 3.13. The molecule has 0 bridgehead atoms. The summed E-state index contributed by atoms with van der Waals surface area (Å²) in [6.07, 6.45) is 1.65.